The molecular weight excluding hydrogens is 274 g/mol. The van der Waals surface area contributed by atoms with Crippen molar-refractivity contribution in [2.45, 2.75) is 38.1 Å². The molecule has 104 valence electrons. The first-order valence-electron chi connectivity index (χ1n) is 7.03. The highest BCUT2D eigenvalue weighted by molar-refractivity contribution is 6.55. The van der Waals surface area contributed by atoms with Gasteiger partial charge in [-0.05, 0) is 18.4 Å². The van der Waals surface area contributed by atoms with E-state index in [4.69, 9.17) is 11.6 Å². The Kier molecular flexibility index (Phi) is 3.62. The number of benzene rings is 1. The normalized spacial score (nSPS) is 20.9. The third kappa shape index (κ3) is 2.16. The zero-order valence-electron chi connectivity index (χ0n) is 11.1. The molecule has 2 aliphatic rings. The van der Waals surface area contributed by atoms with Crippen LogP contribution in [0, 0.1) is 0 Å². The smallest absolute Gasteiger partial charge is 0.270 e. The van der Waals surface area contributed by atoms with Gasteiger partial charge in [0.05, 0.1) is 5.57 Å². The summed E-state index contributed by atoms with van der Waals surface area (Å²) in [6, 6.07) is 9.19. The number of carbonyl (C=O) groups excluding carboxylic acids is 2. The molecule has 0 unspecified atom stereocenters. The average molecular weight is 290 g/mol. The molecule has 0 radical (unpaired) electrons. The Morgan fingerprint density at radius 3 is 2.25 bits per heavy atom. The molecule has 1 fully saturated rings. The summed E-state index contributed by atoms with van der Waals surface area (Å²) < 4.78 is 0. The van der Waals surface area contributed by atoms with Crippen LogP contribution in [0.5, 0.6) is 0 Å². The van der Waals surface area contributed by atoms with E-state index in [-0.39, 0.29) is 22.9 Å². The second kappa shape index (κ2) is 5.41. The third-order valence-corrected chi connectivity index (χ3v) is 4.41. The van der Waals surface area contributed by atoms with Gasteiger partial charge in [0, 0.05) is 6.04 Å². The fraction of sp³-hybridized carbons (Fsp3) is 0.375. The third-order valence-electron chi connectivity index (χ3n) is 4.06. The van der Waals surface area contributed by atoms with Crippen molar-refractivity contribution in [3.63, 3.8) is 0 Å². The first-order valence-corrected chi connectivity index (χ1v) is 7.41. The van der Waals surface area contributed by atoms with Gasteiger partial charge >= 0.3 is 0 Å². The van der Waals surface area contributed by atoms with E-state index in [1.54, 1.807) is 0 Å². The molecule has 0 spiro atoms. The molecule has 0 aromatic heterocycles. The van der Waals surface area contributed by atoms with Crippen LogP contribution in [0.2, 0.25) is 0 Å². The van der Waals surface area contributed by atoms with E-state index in [1.165, 1.54) is 11.3 Å². The fourth-order valence-corrected chi connectivity index (χ4v) is 3.33. The van der Waals surface area contributed by atoms with E-state index in [2.05, 4.69) is 0 Å². The fourth-order valence-electron chi connectivity index (χ4n) is 3.05. The van der Waals surface area contributed by atoms with E-state index in [0.717, 1.165) is 25.7 Å². The van der Waals surface area contributed by atoms with Crippen LogP contribution >= 0.6 is 11.6 Å². The summed E-state index contributed by atoms with van der Waals surface area (Å²) in [5.74, 6) is -0.569. The Balaban J connectivity index is 1.93. The summed E-state index contributed by atoms with van der Waals surface area (Å²) in [6.07, 6.45) is 5.10. The SMILES string of the molecule is O=C1C(Cl)=C(c2ccccc2)C(=O)N1C1CCCCC1. The number of nitrogens with zero attached hydrogens (tertiary/aromatic N) is 1. The number of rotatable bonds is 2. The summed E-state index contributed by atoms with van der Waals surface area (Å²) in [5.41, 5.74) is 1.07. The molecule has 2 amide bonds. The van der Waals surface area contributed by atoms with Crippen LogP contribution in [0.25, 0.3) is 5.57 Å². The molecule has 3 rings (SSSR count). The molecule has 1 aliphatic heterocycles. The molecule has 3 nitrogen and oxygen atoms in total. The number of halogens is 1. The van der Waals surface area contributed by atoms with Crippen LogP contribution in [0.15, 0.2) is 35.4 Å². The highest BCUT2D eigenvalue weighted by atomic mass is 35.5. The second-order valence-electron chi connectivity index (χ2n) is 5.33. The van der Waals surface area contributed by atoms with E-state index < -0.39 is 0 Å². The standard InChI is InChI=1S/C16H16ClNO2/c17-14-13(11-7-3-1-4-8-11)15(19)18(16(14)20)12-9-5-2-6-10-12/h1,3-4,7-8,12H,2,5-6,9-10H2. The molecule has 20 heavy (non-hydrogen) atoms. The van der Waals surface area contributed by atoms with Gasteiger partial charge < -0.3 is 0 Å². The largest absolute Gasteiger partial charge is 0.273 e. The highest BCUT2D eigenvalue weighted by Gasteiger charge is 2.42. The van der Waals surface area contributed by atoms with Gasteiger partial charge in [-0.15, -0.1) is 0 Å². The van der Waals surface area contributed by atoms with Gasteiger partial charge in [0.1, 0.15) is 5.03 Å². The number of imide groups is 1. The molecule has 0 N–H and O–H groups in total. The number of amides is 2. The Labute approximate surface area is 123 Å². The van der Waals surface area contributed by atoms with Crippen LogP contribution < -0.4 is 0 Å². The quantitative estimate of drug-likeness (QED) is 0.783. The lowest BCUT2D eigenvalue weighted by Gasteiger charge is -2.29. The lowest BCUT2D eigenvalue weighted by Crippen LogP contribution is -2.41. The highest BCUT2D eigenvalue weighted by Crippen LogP contribution is 2.35. The van der Waals surface area contributed by atoms with Gasteiger partial charge in [0.15, 0.2) is 0 Å². The average Bonchev–Trinajstić information content (AvgIpc) is 2.71. The van der Waals surface area contributed by atoms with Crippen molar-refractivity contribution in [2.75, 3.05) is 0 Å². The second-order valence-corrected chi connectivity index (χ2v) is 5.71. The Morgan fingerprint density at radius 1 is 0.950 bits per heavy atom. The monoisotopic (exact) mass is 289 g/mol. The predicted molar refractivity (Wildman–Crippen MR) is 77.9 cm³/mol. The number of carbonyl (C=O) groups is 2. The van der Waals surface area contributed by atoms with Crippen molar-refractivity contribution in [1.29, 1.82) is 0 Å². The summed E-state index contributed by atoms with van der Waals surface area (Å²) in [7, 11) is 0. The maximum Gasteiger partial charge on any atom is 0.273 e. The molecule has 1 aromatic carbocycles. The zero-order chi connectivity index (χ0) is 14.1. The van der Waals surface area contributed by atoms with Crippen molar-refractivity contribution in [3.05, 3.63) is 40.9 Å². The predicted octanol–water partition coefficient (Wildman–Crippen LogP) is 3.34. The number of hydrogen-bond acceptors (Lipinski definition) is 2. The first kappa shape index (κ1) is 13.4. The van der Waals surface area contributed by atoms with Crippen molar-refractivity contribution < 1.29 is 9.59 Å². The molecule has 0 saturated heterocycles. The van der Waals surface area contributed by atoms with Crippen LogP contribution in [0.1, 0.15) is 37.7 Å². The van der Waals surface area contributed by atoms with E-state index in [9.17, 15) is 9.59 Å². The van der Waals surface area contributed by atoms with Crippen molar-refractivity contribution >= 4 is 29.0 Å². The lowest BCUT2D eigenvalue weighted by molar-refractivity contribution is -0.139. The van der Waals surface area contributed by atoms with Gasteiger partial charge in [-0.2, -0.15) is 0 Å². The summed E-state index contributed by atoms with van der Waals surface area (Å²) in [5, 5.41) is 0.0618. The summed E-state index contributed by atoms with van der Waals surface area (Å²) in [4.78, 5) is 26.3. The summed E-state index contributed by atoms with van der Waals surface area (Å²) >= 11 is 6.14. The topological polar surface area (TPSA) is 37.4 Å². The summed E-state index contributed by atoms with van der Waals surface area (Å²) in [6.45, 7) is 0. The van der Waals surface area contributed by atoms with Crippen molar-refractivity contribution in [1.82, 2.24) is 4.90 Å². The Bertz CT molecular complexity index is 573. The van der Waals surface area contributed by atoms with Crippen molar-refractivity contribution in [3.8, 4) is 0 Å². The van der Waals surface area contributed by atoms with Crippen LogP contribution in [-0.2, 0) is 9.59 Å². The van der Waals surface area contributed by atoms with Gasteiger partial charge in [-0.3, -0.25) is 14.5 Å². The molecule has 1 aliphatic carbocycles. The van der Waals surface area contributed by atoms with Gasteiger partial charge in [0.25, 0.3) is 11.8 Å². The molecule has 1 heterocycles. The zero-order valence-corrected chi connectivity index (χ0v) is 11.9. The van der Waals surface area contributed by atoms with E-state index in [1.807, 2.05) is 30.3 Å². The maximum absolute atomic E-state index is 12.6. The Hall–Kier alpha value is -1.61. The number of hydrogen-bond donors (Lipinski definition) is 0. The van der Waals surface area contributed by atoms with E-state index in [0.29, 0.717) is 11.1 Å². The molecule has 0 atom stereocenters. The minimum atomic E-state index is -0.331. The molecule has 1 saturated carbocycles. The van der Waals surface area contributed by atoms with Crippen molar-refractivity contribution in [2.24, 2.45) is 0 Å². The van der Waals surface area contributed by atoms with Gasteiger partial charge in [0.2, 0.25) is 0 Å². The molecule has 0 bridgehead atoms. The van der Waals surface area contributed by atoms with Crippen LogP contribution in [-0.4, -0.2) is 22.8 Å². The van der Waals surface area contributed by atoms with E-state index >= 15 is 0 Å². The Morgan fingerprint density at radius 2 is 1.60 bits per heavy atom. The minimum Gasteiger partial charge on any atom is -0.270 e. The van der Waals surface area contributed by atoms with Gasteiger partial charge in [-0.1, -0.05) is 61.2 Å². The van der Waals surface area contributed by atoms with Crippen LogP contribution in [0.3, 0.4) is 0 Å². The maximum atomic E-state index is 12.6. The van der Waals surface area contributed by atoms with Crippen LogP contribution in [0.4, 0.5) is 0 Å². The van der Waals surface area contributed by atoms with Gasteiger partial charge in [-0.25, -0.2) is 0 Å². The first-order chi connectivity index (χ1) is 9.70. The minimum absolute atomic E-state index is 0.0127. The molecule has 1 aromatic rings. The lowest BCUT2D eigenvalue weighted by atomic mass is 9.94. The molecule has 4 heteroatoms. The molecular formula is C16H16ClNO2.